The molecule has 0 unspecified atom stereocenters. The fourth-order valence-corrected chi connectivity index (χ4v) is 3.57. The molecule has 24 heavy (non-hydrogen) atoms. The normalized spacial score (nSPS) is 21.5. The van der Waals surface area contributed by atoms with Gasteiger partial charge < -0.3 is 19.9 Å². The van der Waals surface area contributed by atoms with Crippen LogP contribution in [0.3, 0.4) is 0 Å². The molecule has 0 amide bonds. The maximum Gasteiger partial charge on any atom is 0.169 e. The lowest BCUT2D eigenvalue weighted by Crippen LogP contribution is -3.13. The van der Waals surface area contributed by atoms with Gasteiger partial charge in [0.2, 0.25) is 0 Å². The zero-order chi connectivity index (χ0) is 16.8. The number of hydrogen-bond acceptors (Lipinski definition) is 3. The molecule has 2 aliphatic rings. The van der Waals surface area contributed by atoms with Crippen molar-refractivity contribution in [2.45, 2.75) is 25.5 Å². The van der Waals surface area contributed by atoms with E-state index in [1.165, 1.54) is 5.56 Å². The summed E-state index contributed by atoms with van der Waals surface area (Å²) in [6.45, 7) is 6.87. The minimum Gasteiger partial charge on any atom is -0.376 e. The molecular formula is C18H25N4OS+. The van der Waals surface area contributed by atoms with Gasteiger partial charge in [0.25, 0.3) is 0 Å². The van der Waals surface area contributed by atoms with E-state index < -0.39 is 0 Å². The van der Waals surface area contributed by atoms with E-state index in [0.717, 1.165) is 69.4 Å². The van der Waals surface area contributed by atoms with Crippen LogP contribution in [0.15, 0.2) is 24.3 Å². The summed E-state index contributed by atoms with van der Waals surface area (Å²) in [5.41, 5.74) is 2.01. The summed E-state index contributed by atoms with van der Waals surface area (Å²) in [4.78, 5) is 3.84. The van der Waals surface area contributed by atoms with E-state index >= 15 is 0 Å². The number of ether oxygens (including phenoxy) is 1. The number of quaternary nitrogens is 1. The Morgan fingerprint density at radius 3 is 2.71 bits per heavy atom. The summed E-state index contributed by atoms with van der Waals surface area (Å²) >= 11 is 5.52. The third-order valence-electron chi connectivity index (χ3n) is 4.80. The third kappa shape index (κ3) is 4.67. The SMILES string of the molecule is N#Cc1ccc(C[NH+]2CCN(C(=S)NC[C@H]3CCCO3)CC2)cc1. The van der Waals surface area contributed by atoms with Crippen molar-refractivity contribution in [1.29, 1.82) is 5.26 Å². The van der Waals surface area contributed by atoms with Crippen LogP contribution in [-0.2, 0) is 11.3 Å². The Morgan fingerprint density at radius 1 is 1.33 bits per heavy atom. The number of benzene rings is 1. The lowest BCUT2D eigenvalue weighted by Gasteiger charge is -2.34. The predicted molar refractivity (Wildman–Crippen MR) is 96.7 cm³/mol. The largest absolute Gasteiger partial charge is 0.376 e. The van der Waals surface area contributed by atoms with Crippen LogP contribution in [0, 0.1) is 11.3 Å². The van der Waals surface area contributed by atoms with Crippen molar-refractivity contribution in [2.75, 3.05) is 39.3 Å². The second kappa shape index (κ2) is 8.43. The first-order chi connectivity index (χ1) is 11.7. The Labute approximate surface area is 149 Å². The van der Waals surface area contributed by atoms with Crippen molar-refractivity contribution in [1.82, 2.24) is 10.2 Å². The molecule has 0 aromatic heterocycles. The van der Waals surface area contributed by atoms with Gasteiger partial charge >= 0.3 is 0 Å². The molecule has 0 bridgehead atoms. The molecule has 3 rings (SSSR count). The highest BCUT2D eigenvalue weighted by Gasteiger charge is 2.23. The zero-order valence-corrected chi connectivity index (χ0v) is 14.8. The average molecular weight is 345 g/mol. The molecule has 0 radical (unpaired) electrons. The van der Waals surface area contributed by atoms with E-state index in [0.29, 0.717) is 6.10 Å². The predicted octanol–water partition coefficient (Wildman–Crippen LogP) is 0.312. The van der Waals surface area contributed by atoms with Gasteiger partial charge in [0, 0.05) is 18.7 Å². The van der Waals surface area contributed by atoms with Crippen LogP contribution in [0.25, 0.3) is 0 Å². The van der Waals surface area contributed by atoms with Crippen LogP contribution < -0.4 is 10.2 Å². The summed E-state index contributed by atoms with van der Waals surface area (Å²) in [7, 11) is 0. The van der Waals surface area contributed by atoms with E-state index in [2.05, 4.69) is 28.4 Å². The number of hydrogen-bond donors (Lipinski definition) is 2. The van der Waals surface area contributed by atoms with Crippen molar-refractivity contribution in [2.24, 2.45) is 0 Å². The molecule has 2 heterocycles. The number of nitrogens with zero attached hydrogens (tertiary/aromatic N) is 2. The third-order valence-corrected chi connectivity index (χ3v) is 5.20. The van der Waals surface area contributed by atoms with Gasteiger partial charge in [-0.25, -0.2) is 0 Å². The highest BCUT2D eigenvalue weighted by molar-refractivity contribution is 7.80. The van der Waals surface area contributed by atoms with E-state index in [4.69, 9.17) is 22.2 Å². The molecule has 1 atom stereocenters. The van der Waals surface area contributed by atoms with Crippen LogP contribution in [0.5, 0.6) is 0 Å². The Kier molecular flexibility index (Phi) is 6.02. The van der Waals surface area contributed by atoms with Crippen LogP contribution in [0.4, 0.5) is 0 Å². The first kappa shape index (κ1) is 17.2. The molecule has 128 valence electrons. The second-order valence-corrected chi connectivity index (χ2v) is 6.93. The molecule has 0 aliphatic carbocycles. The quantitative estimate of drug-likeness (QED) is 0.770. The minimum absolute atomic E-state index is 0.325. The molecule has 1 aromatic carbocycles. The summed E-state index contributed by atoms with van der Waals surface area (Å²) in [6.07, 6.45) is 2.63. The summed E-state index contributed by atoms with van der Waals surface area (Å²) in [5, 5.41) is 13.1. The summed E-state index contributed by atoms with van der Waals surface area (Å²) in [6, 6.07) is 10.1. The van der Waals surface area contributed by atoms with Gasteiger partial charge in [0.1, 0.15) is 6.54 Å². The standard InChI is InChI=1S/C18H24N4OS/c19-12-15-3-5-16(6-4-15)14-21-7-9-22(10-8-21)18(24)20-13-17-2-1-11-23-17/h3-6,17H,1-2,7-11,13-14H2,(H,20,24)/p+1/t17-/m1/s1. The van der Waals surface area contributed by atoms with Gasteiger partial charge in [-0.05, 0) is 37.2 Å². The molecular weight excluding hydrogens is 320 g/mol. The fraction of sp³-hybridized carbons (Fsp3) is 0.556. The van der Waals surface area contributed by atoms with E-state index in [1.807, 2.05) is 12.1 Å². The van der Waals surface area contributed by atoms with E-state index in [1.54, 1.807) is 4.90 Å². The first-order valence-corrected chi connectivity index (χ1v) is 9.12. The Hall–Kier alpha value is -1.68. The maximum atomic E-state index is 8.86. The summed E-state index contributed by atoms with van der Waals surface area (Å²) < 4.78 is 5.63. The smallest absolute Gasteiger partial charge is 0.169 e. The average Bonchev–Trinajstić information content (AvgIpc) is 3.14. The molecule has 2 fully saturated rings. The number of piperazine rings is 1. The van der Waals surface area contributed by atoms with Crippen molar-refractivity contribution < 1.29 is 9.64 Å². The molecule has 5 nitrogen and oxygen atoms in total. The van der Waals surface area contributed by atoms with Crippen LogP contribution in [0.2, 0.25) is 0 Å². The number of rotatable bonds is 4. The van der Waals surface area contributed by atoms with Gasteiger partial charge in [-0.3, -0.25) is 0 Å². The Morgan fingerprint density at radius 2 is 2.08 bits per heavy atom. The van der Waals surface area contributed by atoms with Crippen molar-refractivity contribution in [3.8, 4) is 6.07 Å². The lowest BCUT2D eigenvalue weighted by atomic mass is 10.1. The van der Waals surface area contributed by atoms with Gasteiger partial charge in [-0.1, -0.05) is 12.1 Å². The molecule has 6 heteroatoms. The molecule has 2 aliphatic heterocycles. The lowest BCUT2D eigenvalue weighted by molar-refractivity contribution is -0.917. The Balaban J connectivity index is 1.39. The molecule has 1 aromatic rings. The molecule has 2 saturated heterocycles. The molecule has 0 saturated carbocycles. The van der Waals surface area contributed by atoms with Gasteiger partial charge in [-0.2, -0.15) is 5.26 Å². The fourth-order valence-electron chi connectivity index (χ4n) is 3.31. The highest BCUT2D eigenvalue weighted by atomic mass is 32.1. The van der Waals surface area contributed by atoms with E-state index in [-0.39, 0.29) is 0 Å². The zero-order valence-electron chi connectivity index (χ0n) is 14.0. The van der Waals surface area contributed by atoms with Crippen molar-refractivity contribution in [3.63, 3.8) is 0 Å². The van der Waals surface area contributed by atoms with Gasteiger partial charge in [0.15, 0.2) is 5.11 Å². The maximum absolute atomic E-state index is 8.86. The second-order valence-electron chi connectivity index (χ2n) is 6.54. The number of thiocarbonyl (C=S) groups is 1. The monoisotopic (exact) mass is 345 g/mol. The molecule has 0 spiro atoms. The van der Waals surface area contributed by atoms with Crippen molar-refractivity contribution >= 4 is 17.3 Å². The van der Waals surface area contributed by atoms with Crippen molar-refractivity contribution in [3.05, 3.63) is 35.4 Å². The first-order valence-electron chi connectivity index (χ1n) is 8.71. The summed E-state index contributed by atoms with van der Waals surface area (Å²) in [5.74, 6) is 0. The minimum atomic E-state index is 0.325. The van der Waals surface area contributed by atoms with Crippen LogP contribution in [-0.4, -0.2) is 55.4 Å². The Bertz CT molecular complexity index is 584. The topological polar surface area (TPSA) is 52.7 Å². The van der Waals surface area contributed by atoms with Gasteiger partial charge in [-0.15, -0.1) is 0 Å². The van der Waals surface area contributed by atoms with E-state index in [9.17, 15) is 0 Å². The molecule has 2 N–H and O–H groups in total. The number of nitriles is 1. The number of nitrogens with one attached hydrogen (secondary N) is 2. The van der Waals surface area contributed by atoms with Crippen LogP contribution in [0.1, 0.15) is 24.0 Å². The van der Waals surface area contributed by atoms with Crippen LogP contribution >= 0.6 is 12.2 Å². The highest BCUT2D eigenvalue weighted by Crippen LogP contribution is 2.10. The van der Waals surface area contributed by atoms with Gasteiger partial charge in [0.05, 0.1) is 43.9 Å².